The monoisotopic (exact) mass is 319 g/mol. The topological polar surface area (TPSA) is 16.4 Å². The summed E-state index contributed by atoms with van der Waals surface area (Å²) < 4.78 is 19.4. The molecular weight excluding hydrogens is 301 g/mol. The van der Waals surface area contributed by atoms with Crippen LogP contribution < -0.4 is 4.90 Å². The molecule has 24 heavy (non-hydrogen) atoms. The van der Waals surface area contributed by atoms with E-state index in [9.17, 15) is 4.39 Å². The third kappa shape index (κ3) is 2.33. The first-order valence-electron chi connectivity index (χ1n) is 8.02. The third-order valence-electron chi connectivity index (χ3n) is 4.54. The largest absolute Gasteiger partial charge is 0.454 e. The maximum absolute atomic E-state index is 13.2. The minimum atomic E-state index is -0.234. The first kappa shape index (κ1) is 14.8. The first-order chi connectivity index (χ1) is 11.6. The molecule has 2 nitrogen and oxygen atoms in total. The van der Waals surface area contributed by atoms with Crippen LogP contribution in [0.4, 0.5) is 15.8 Å². The van der Waals surface area contributed by atoms with Crippen molar-refractivity contribution < 1.29 is 8.81 Å². The van der Waals surface area contributed by atoms with Gasteiger partial charge < -0.3 is 9.32 Å². The molecule has 0 saturated heterocycles. The Morgan fingerprint density at radius 3 is 2.67 bits per heavy atom. The fourth-order valence-corrected chi connectivity index (χ4v) is 3.22. The van der Waals surface area contributed by atoms with E-state index in [0.717, 1.165) is 40.1 Å². The summed E-state index contributed by atoms with van der Waals surface area (Å²) in [6.07, 6.45) is 7.17. The minimum Gasteiger partial charge on any atom is -0.454 e. The number of rotatable bonds is 2. The zero-order valence-electron chi connectivity index (χ0n) is 13.7. The highest BCUT2D eigenvalue weighted by molar-refractivity contribution is 5.96. The van der Waals surface area contributed by atoms with Crippen molar-refractivity contribution in [2.75, 3.05) is 11.9 Å². The van der Waals surface area contributed by atoms with Gasteiger partial charge in [-0.25, -0.2) is 4.39 Å². The minimum absolute atomic E-state index is 0.234. The van der Waals surface area contributed by atoms with Gasteiger partial charge in [0, 0.05) is 23.7 Å². The van der Waals surface area contributed by atoms with E-state index >= 15 is 0 Å². The summed E-state index contributed by atoms with van der Waals surface area (Å²) in [6.45, 7) is 2.07. The predicted molar refractivity (Wildman–Crippen MR) is 97.2 cm³/mol. The van der Waals surface area contributed by atoms with E-state index in [1.807, 2.05) is 24.1 Å². The maximum Gasteiger partial charge on any atom is 0.158 e. The molecule has 120 valence electrons. The fourth-order valence-electron chi connectivity index (χ4n) is 3.22. The lowest BCUT2D eigenvalue weighted by Gasteiger charge is -2.19. The summed E-state index contributed by atoms with van der Waals surface area (Å²) in [5.41, 5.74) is 5.12. The molecule has 0 bridgehead atoms. The van der Waals surface area contributed by atoms with Crippen LogP contribution >= 0.6 is 0 Å². The molecule has 1 heterocycles. The number of hydrogen-bond donors (Lipinski definition) is 0. The van der Waals surface area contributed by atoms with Gasteiger partial charge in [-0.1, -0.05) is 30.4 Å². The van der Waals surface area contributed by atoms with E-state index in [4.69, 9.17) is 4.42 Å². The van der Waals surface area contributed by atoms with E-state index in [0.29, 0.717) is 0 Å². The van der Waals surface area contributed by atoms with Gasteiger partial charge in [-0.15, -0.1) is 0 Å². The number of benzene rings is 2. The summed E-state index contributed by atoms with van der Waals surface area (Å²) in [5.74, 6) is 0.720. The molecular formula is C21H18FNO. The van der Waals surface area contributed by atoms with Gasteiger partial charge in [-0.3, -0.25) is 0 Å². The van der Waals surface area contributed by atoms with E-state index < -0.39 is 0 Å². The first-order valence-corrected chi connectivity index (χ1v) is 8.02. The predicted octanol–water partition coefficient (Wildman–Crippen LogP) is 5.86. The zero-order chi connectivity index (χ0) is 16.7. The summed E-state index contributed by atoms with van der Waals surface area (Å²) in [6, 6.07) is 12.7. The molecule has 0 radical (unpaired) electrons. The molecule has 0 amide bonds. The molecule has 1 aromatic heterocycles. The van der Waals surface area contributed by atoms with Crippen LogP contribution in [0.3, 0.4) is 0 Å². The lowest BCUT2D eigenvalue weighted by Crippen LogP contribution is -2.09. The highest BCUT2D eigenvalue weighted by Crippen LogP contribution is 2.39. The van der Waals surface area contributed by atoms with Crippen molar-refractivity contribution in [2.24, 2.45) is 0 Å². The Balaban J connectivity index is 1.88. The summed E-state index contributed by atoms with van der Waals surface area (Å²) in [7, 11) is 1.97. The number of halogens is 1. The third-order valence-corrected chi connectivity index (χ3v) is 4.54. The van der Waals surface area contributed by atoms with Gasteiger partial charge in [0.15, 0.2) is 5.58 Å². The lowest BCUT2D eigenvalue weighted by molar-refractivity contribution is 0.595. The second kappa shape index (κ2) is 5.68. The van der Waals surface area contributed by atoms with Crippen molar-refractivity contribution in [1.29, 1.82) is 0 Å². The van der Waals surface area contributed by atoms with E-state index in [1.165, 1.54) is 17.7 Å². The second-order valence-corrected chi connectivity index (χ2v) is 6.08. The quantitative estimate of drug-likeness (QED) is 0.588. The van der Waals surface area contributed by atoms with Gasteiger partial charge in [0.25, 0.3) is 0 Å². The highest BCUT2D eigenvalue weighted by atomic mass is 19.1. The number of fused-ring (bicyclic) bond motifs is 3. The van der Waals surface area contributed by atoms with Crippen molar-refractivity contribution in [3.05, 3.63) is 77.8 Å². The Morgan fingerprint density at radius 2 is 1.88 bits per heavy atom. The maximum atomic E-state index is 13.2. The normalized spacial score (nSPS) is 13.5. The molecule has 0 atom stereocenters. The van der Waals surface area contributed by atoms with Crippen LogP contribution in [-0.2, 0) is 6.42 Å². The Bertz CT molecular complexity index is 963. The van der Waals surface area contributed by atoms with Crippen molar-refractivity contribution in [3.8, 4) is 0 Å². The Kier molecular flexibility index (Phi) is 3.49. The van der Waals surface area contributed by atoms with Crippen molar-refractivity contribution >= 4 is 27.9 Å². The van der Waals surface area contributed by atoms with Gasteiger partial charge in [-0.05, 0) is 49.2 Å². The molecule has 2 aromatic carbocycles. The number of furan rings is 1. The van der Waals surface area contributed by atoms with Gasteiger partial charge in [-0.2, -0.15) is 0 Å². The molecule has 1 aliphatic carbocycles. The Labute approximate surface area is 140 Å². The molecule has 0 fully saturated rings. The Hall–Kier alpha value is -2.81. The molecule has 0 N–H and O–H groups in total. The number of hydrogen-bond acceptors (Lipinski definition) is 2. The molecule has 0 aliphatic heterocycles. The molecule has 0 saturated carbocycles. The molecule has 1 aliphatic rings. The average Bonchev–Trinajstić information content (AvgIpc) is 2.87. The van der Waals surface area contributed by atoms with Gasteiger partial charge in [0.05, 0.1) is 5.69 Å². The van der Waals surface area contributed by atoms with E-state index in [-0.39, 0.29) is 5.82 Å². The molecule has 0 unspecified atom stereocenters. The number of anilines is 2. The fraction of sp³-hybridized carbons (Fsp3) is 0.143. The number of nitrogens with zero attached hydrogens (tertiary/aromatic N) is 1. The lowest BCUT2D eigenvalue weighted by atomic mass is 10.0. The second-order valence-electron chi connectivity index (χ2n) is 6.08. The van der Waals surface area contributed by atoms with E-state index in [1.54, 1.807) is 12.1 Å². The van der Waals surface area contributed by atoms with Crippen LogP contribution in [0.25, 0.3) is 16.5 Å². The van der Waals surface area contributed by atoms with Crippen LogP contribution in [0.1, 0.15) is 18.2 Å². The Morgan fingerprint density at radius 1 is 1.08 bits per heavy atom. The van der Waals surface area contributed by atoms with Crippen LogP contribution in [0.5, 0.6) is 0 Å². The standard InChI is InChI=1S/C21H18FNO/c1-14-6-3-4-7-17-18-8-5-9-19(21(18)24-20(14)17)23(2)16-12-10-15(22)11-13-16/h3-6,8-13H,7H2,1-2H3. The molecule has 3 aromatic rings. The van der Waals surface area contributed by atoms with Crippen LogP contribution in [0.15, 0.2) is 65.1 Å². The smallest absolute Gasteiger partial charge is 0.158 e. The van der Waals surface area contributed by atoms with Crippen molar-refractivity contribution in [2.45, 2.75) is 13.3 Å². The van der Waals surface area contributed by atoms with E-state index in [2.05, 4.69) is 31.2 Å². The van der Waals surface area contributed by atoms with Crippen LogP contribution in [0, 0.1) is 5.82 Å². The summed E-state index contributed by atoms with van der Waals surface area (Å²) >= 11 is 0. The summed E-state index contributed by atoms with van der Waals surface area (Å²) in [5, 5.41) is 1.13. The molecule has 3 heteroatoms. The van der Waals surface area contributed by atoms with Gasteiger partial charge in [0.1, 0.15) is 11.6 Å². The average molecular weight is 319 g/mol. The SMILES string of the molecule is CC1=CC=CCc2c1oc1c(N(C)c3ccc(F)cc3)cccc21. The number of allylic oxidation sites excluding steroid dienone is 4. The van der Waals surface area contributed by atoms with Crippen LogP contribution in [-0.4, -0.2) is 7.05 Å². The summed E-state index contributed by atoms with van der Waals surface area (Å²) in [4.78, 5) is 2.03. The van der Waals surface area contributed by atoms with Crippen molar-refractivity contribution in [3.63, 3.8) is 0 Å². The zero-order valence-corrected chi connectivity index (χ0v) is 13.7. The van der Waals surface area contributed by atoms with Crippen molar-refractivity contribution in [1.82, 2.24) is 0 Å². The van der Waals surface area contributed by atoms with Gasteiger partial charge in [0.2, 0.25) is 0 Å². The molecule has 0 spiro atoms. The van der Waals surface area contributed by atoms with Crippen LogP contribution in [0.2, 0.25) is 0 Å². The highest BCUT2D eigenvalue weighted by Gasteiger charge is 2.19. The number of para-hydroxylation sites is 1. The molecule has 4 rings (SSSR count). The van der Waals surface area contributed by atoms with Gasteiger partial charge >= 0.3 is 0 Å².